The fourth-order valence-electron chi connectivity index (χ4n) is 3.88. The Morgan fingerprint density at radius 3 is 2.64 bits per heavy atom. The van der Waals surface area contributed by atoms with Crippen molar-refractivity contribution in [2.24, 2.45) is 5.41 Å². The highest BCUT2D eigenvalue weighted by Gasteiger charge is 2.70. The van der Waals surface area contributed by atoms with Gasteiger partial charge in [0.1, 0.15) is 5.60 Å². The van der Waals surface area contributed by atoms with Crippen LogP contribution >= 0.6 is 0 Å². The summed E-state index contributed by atoms with van der Waals surface area (Å²) in [5.74, 6) is 0.00199. The predicted molar refractivity (Wildman–Crippen MR) is 78.6 cm³/mol. The van der Waals surface area contributed by atoms with Crippen LogP contribution in [0.25, 0.3) is 0 Å². The standard InChI is InChI=1S/C15H23N3O4/c1-13(2,3)21-11(19)16-9-15(10-17-12(20)22-18-10)8-14(15)6-4-5-7-14/h4-9H2,1-3H3,(H,16,19)(H,17,18,20). The Balaban J connectivity index is 1.75. The average molecular weight is 309 g/mol. The highest BCUT2D eigenvalue weighted by atomic mass is 16.6. The lowest BCUT2D eigenvalue weighted by atomic mass is 9.90. The summed E-state index contributed by atoms with van der Waals surface area (Å²) in [7, 11) is 0. The van der Waals surface area contributed by atoms with Gasteiger partial charge in [-0.25, -0.2) is 9.59 Å². The molecule has 1 unspecified atom stereocenters. The van der Waals surface area contributed by atoms with Crippen molar-refractivity contribution < 1.29 is 14.1 Å². The van der Waals surface area contributed by atoms with Crippen LogP contribution in [0.4, 0.5) is 4.79 Å². The molecule has 1 aromatic rings. The number of ether oxygens (including phenoxy) is 1. The largest absolute Gasteiger partial charge is 0.444 e. The molecule has 7 nitrogen and oxygen atoms in total. The zero-order chi connectivity index (χ0) is 16.0. The number of rotatable bonds is 3. The highest BCUT2D eigenvalue weighted by molar-refractivity contribution is 5.68. The maximum Gasteiger partial charge on any atom is 0.438 e. The van der Waals surface area contributed by atoms with Crippen LogP contribution in [0.3, 0.4) is 0 Å². The molecule has 0 saturated heterocycles. The number of H-pyrrole nitrogens is 1. The Hall–Kier alpha value is -1.79. The summed E-state index contributed by atoms with van der Waals surface area (Å²) >= 11 is 0. The Morgan fingerprint density at radius 1 is 1.41 bits per heavy atom. The molecule has 1 heterocycles. The van der Waals surface area contributed by atoms with Crippen molar-refractivity contribution in [3.05, 3.63) is 16.4 Å². The Bertz CT molecular complexity index is 621. The topological polar surface area (TPSA) is 97.2 Å². The summed E-state index contributed by atoms with van der Waals surface area (Å²) in [5.41, 5.74) is -0.734. The third kappa shape index (κ3) is 2.53. The third-order valence-electron chi connectivity index (χ3n) is 4.92. The lowest BCUT2D eigenvalue weighted by molar-refractivity contribution is 0.0518. The molecule has 1 aromatic heterocycles. The molecule has 2 aliphatic rings. The molecule has 122 valence electrons. The van der Waals surface area contributed by atoms with Crippen molar-refractivity contribution in [2.75, 3.05) is 6.54 Å². The first-order chi connectivity index (χ1) is 10.3. The van der Waals surface area contributed by atoms with E-state index in [2.05, 4.69) is 20.0 Å². The van der Waals surface area contributed by atoms with Crippen LogP contribution in [-0.2, 0) is 10.2 Å². The SMILES string of the molecule is CC(C)(C)OC(=O)NCC1(c2noc(=O)[nH]2)CC12CCCC2. The fraction of sp³-hybridized carbons (Fsp3) is 0.800. The molecule has 0 radical (unpaired) electrons. The molecular formula is C15H23N3O4. The Labute approximate surface area is 128 Å². The van der Waals surface area contributed by atoms with Gasteiger partial charge in [0, 0.05) is 6.54 Å². The van der Waals surface area contributed by atoms with Gasteiger partial charge in [-0.05, 0) is 45.4 Å². The van der Waals surface area contributed by atoms with Gasteiger partial charge in [-0.15, -0.1) is 0 Å². The van der Waals surface area contributed by atoms with Gasteiger partial charge in [-0.2, -0.15) is 0 Å². The first kappa shape index (κ1) is 15.1. The number of alkyl carbamates (subject to hydrolysis) is 1. The van der Waals surface area contributed by atoms with E-state index in [1.165, 1.54) is 12.8 Å². The van der Waals surface area contributed by atoms with Crippen molar-refractivity contribution in [1.29, 1.82) is 0 Å². The van der Waals surface area contributed by atoms with Crippen molar-refractivity contribution in [3.8, 4) is 0 Å². The molecule has 2 saturated carbocycles. The number of hydrogen-bond acceptors (Lipinski definition) is 5. The van der Waals surface area contributed by atoms with E-state index in [1.807, 2.05) is 20.8 Å². The van der Waals surface area contributed by atoms with Gasteiger partial charge in [0.25, 0.3) is 0 Å². The van der Waals surface area contributed by atoms with E-state index in [-0.39, 0.29) is 10.8 Å². The predicted octanol–water partition coefficient (Wildman–Crippen LogP) is 2.09. The van der Waals surface area contributed by atoms with Crippen LogP contribution in [0.2, 0.25) is 0 Å². The van der Waals surface area contributed by atoms with E-state index in [0.717, 1.165) is 19.3 Å². The number of aromatic amines is 1. The van der Waals surface area contributed by atoms with E-state index in [1.54, 1.807) is 0 Å². The second-order valence-corrected chi connectivity index (χ2v) is 7.55. The van der Waals surface area contributed by atoms with Gasteiger partial charge in [-0.1, -0.05) is 18.0 Å². The molecule has 2 aliphatic carbocycles. The number of nitrogens with one attached hydrogen (secondary N) is 2. The van der Waals surface area contributed by atoms with Gasteiger partial charge < -0.3 is 10.1 Å². The Kier molecular flexibility index (Phi) is 3.34. The number of carbonyl (C=O) groups excluding carboxylic acids is 1. The second kappa shape index (κ2) is 4.86. The Morgan fingerprint density at radius 2 is 2.09 bits per heavy atom. The number of carbonyl (C=O) groups is 1. The molecule has 1 atom stereocenters. The molecule has 0 aromatic carbocycles. The summed E-state index contributed by atoms with van der Waals surface area (Å²) in [5, 5.41) is 6.72. The van der Waals surface area contributed by atoms with E-state index in [0.29, 0.717) is 12.4 Å². The van der Waals surface area contributed by atoms with Crippen LogP contribution in [0.5, 0.6) is 0 Å². The van der Waals surface area contributed by atoms with Gasteiger partial charge in [-0.3, -0.25) is 9.51 Å². The minimum absolute atomic E-state index is 0.127. The molecule has 1 spiro atoms. The van der Waals surface area contributed by atoms with E-state index < -0.39 is 17.5 Å². The zero-order valence-corrected chi connectivity index (χ0v) is 13.3. The van der Waals surface area contributed by atoms with E-state index >= 15 is 0 Å². The molecule has 2 N–H and O–H groups in total. The number of hydrogen-bond donors (Lipinski definition) is 2. The summed E-state index contributed by atoms with van der Waals surface area (Å²) in [6.45, 7) is 5.89. The number of nitrogens with zero attached hydrogens (tertiary/aromatic N) is 1. The van der Waals surface area contributed by atoms with E-state index in [9.17, 15) is 9.59 Å². The summed E-state index contributed by atoms with van der Waals surface area (Å²) in [4.78, 5) is 25.9. The maximum absolute atomic E-state index is 11.9. The molecule has 22 heavy (non-hydrogen) atoms. The molecule has 7 heteroatoms. The van der Waals surface area contributed by atoms with Crippen LogP contribution < -0.4 is 11.1 Å². The van der Waals surface area contributed by atoms with E-state index in [4.69, 9.17) is 4.74 Å². The first-order valence-corrected chi connectivity index (χ1v) is 7.80. The van der Waals surface area contributed by atoms with Crippen molar-refractivity contribution in [3.63, 3.8) is 0 Å². The molecule has 3 rings (SSSR count). The van der Waals surface area contributed by atoms with Crippen LogP contribution in [0.1, 0.15) is 58.7 Å². The monoisotopic (exact) mass is 309 g/mol. The minimum Gasteiger partial charge on any atom is -0.444 e. The maximum atomic E-state index is 11.9. The highest BCUT2D eigenvalue weighted by Crippen LogP contribution is 2.71. The summed E-state index contributed by atoms with van der Waals surface area (Å²) in [6, 6.07) is 0. The number of amides is 1. The molecule has 0 aliphatic heterocycles. The molecular weight excluding hydrogens is 286 g/mol. The zero-order valence-electron chi connectivity index (χ0n) is 13.3. The van der Waals surface area contributed by atoms with Crippen molar-refractivity contribution in [1.82, 2.24) is 15.5 Å². The smallest absolute Gasteiger partial charge is 0.438 e. The average Bonchev–Trinajstić information content (AvgIpc) is 2.76. The van der Waals surface area contributed by atoms with Gasteiger partial charge in [0.05, 0.1) is 5.41 Å². The lowest BCUT2D eigenvalue weighted by Gasteiger charge is -2.23. The summed E-state index contributed by atoms with van der Waals surface area (Å²) in [6.07, 6.45) is 5.01. The second-order valence-electron chi connectivity index (χ2n) is 7.55. The molecule has 0 bridgehead atoms. The van der Waals surface area contributed by atoms with Gasteiger partial charge in [0.2, 0.25) is 0 Å². The van der Waals surface area contributed by atoms with Gasteiger partial charge in [0.15, 0.2) is 5.82 Å². The first-order valence-electron chi connectivity index (χ1n) is 7.80. The van der Waals surface area contributed by atoms with Gasteiger partial charge >= 0.3 is 11.8 Å². The third-order valence-corrected chi connectivity index (χ3v) is 4.92. The number of aromatic nitrogens is 2. The lowest BCUT2D eigenvalue weighted by Crippen LogP contribution is -2.39. The van der Waals surface area contributed by atoms with Crippen molar-refractivity contribution in [2.45, 2.75) is 63.9 Å². The normalized spacial score (nSPS) is 26.1. The van der Waals surface area contributed by atoms with Crippen LogP contribution in [0, 0.1) is 5.41 Å². The summed E-state index contributed by atoms with van der Waals surface area (Å²) < 4.78 is 9.96. The van der Waals surface area contributed by atoms with Crippen LogP contribution in [-0.4, -0.2) is 28.4 Å². The quantitative estimate of drug-likeness (QED) is 0.891. The molecule has 1 amide bonds. The van der Waals surface area contributed by atoms with Crippen molar-refractivity contribution >= 4 is 6.09 Å². The minimum atomic E-state index is -0.549. The fourth-order valence-corrected chi connectivity index (χ4v) is 3.88. The molecule has 2 fully saturated rings. The van der Waals surface area contributed by atoms with Crippen LogP contribution in [0.15, 0.2) is 9.32 Å².